The average molecular weight is 491 g/mol. The average Bonchev–Trinajstić information content (AvgIpc) is 3.11. The Morgan fingerprint density at radius 3 is 1.86 bits per heavy atom. The molecular formula is C25H28Cl2Zr. The molecular weight excluding hydrogens is 462 g/mol. The third-order valence-corrected chi connectivity index (χ3v) is 22.6. The number of hydrogen-bond donors (Lipinski definition) is 0. The SMILES string of the molecule is CCCC1=C(C)C(C)=C(C)[C]1(C)[Zr]([Cl])([Cl])[CH]1c2ccccc2-c2ccccc21. The van der Waals surface area contributed by atoms with Gasteiger partial charge in [-0.1, -0.05) is 0 Å². The summed E-state index contributed by atoms with van der Waals surface area (Å²) in [6.45, 7) is 11.4. The minimum atomic E-state index is -3.85. The van der Waals surface area contributed by atoms with Gasteiger partial charge in [0, 0.05) is 0 Å². The van der Waals surface area contributed by atoms with Crippen LogP contribution in [0.5, 0.6) is 0 Å². The van der Waals surface area contributed by atoms with Crippen LogP contribution < -0.4 is 0 Å². The topological polar surface area (TPSA) is 0 Å². The van der Waals surface area contributed by atoms with Gasteiger partial charge in [-0.25, -0.2) is 0 Å². The molecule has 3 heteroatoms. The van der Waals surface area contributed by atoms with E-state index in [2.05, 4.69) is 83.1 Å². The molecule has 0 saturated carbocycles. The Kier molecular flexibility index (Phi) is 5.35. The normalized spacial score (nSPS) is 22.1. The van der Waals surface area contributed by atoms with Crippen molar-refractivity contribution >= 4 is 17.0 Å². The van der Waals surface area contributed by atoms with Crippen molar-refractivity contribution in [3.05, 3.63) is 82.0 Å². The number of hydrogen-bond acceptors (Lipinski definition) is 0. The van der Waals surface area contributed by atoms with Crippen molar-refractivity contribution in [2.75, 3.05) is 0 Å². The van der Waals surface area contributed by atoms with Gasteiger partial charge in [0.2, 0.25) is 0 Å². The van der Waals surface area contributed by atoms with Gasteiger partial charge in [0.15, 0.2) is 0 Å². The Hall–Kier alpha value is -0.617. The van der Waals surface area contributed by atoms with Gasteiger partial charge in [-0.2, -0.15) is 0 Å². The number of benzene rings is 2. The van der Waals surface area contributed by atoms with E-state index >= 15 is 0 Å². The van der Waals surface area contributed by atoms with Crippen molar-refractivity contribution in [1.82, 2.24) is 0 Å². The number of fused-ring (bicyclic) bond motifs is 3. The molecule has 1 unspecified atom stereocenters. The molecule has 2 aliphatic carbocycles. The third kappa shape index (κ3) is 2.66. The molecule has 0 fully saturated rings. The molecule has 2 aromatic carbocycles. The summed E-state index contributed by atoms with van der Waals surface area (Å²) in [5, 5.41) is 0. The first-order chi connectivity index (χ1) is 13.3. The molecule has 28 heavy (non-hydrogen) atoms. The standard InChI is InChI=1S/C13H9.C12H19.2ClH.Zr/c1-3-7-12-10(5-1)9-11-6-2-4-8-13(11)12;1-6-7-12-10(4)8(2)9(3)11(12)5;;;/h1-9H;6-7H2,1-5H3;2*1H;/q;;;;+2/p-2. The van der Waals surface area contributed by atoms with Crippen LogP contribution in [0.3, 0.4) is 0 Å². The van der Waals surface area contributed by atoms with Gasteiger partial charge >= 0.3 is 182 Å². The van der Waals surface area contributed by atoms with E-state index in [0.717, 1.165) is 12.8 Å². The van der Waals surface area contributed by atoms with E-state index in [-0.39, 0.29) is 6.75 Å². The molecule has 0 aromatic heterocycles. The fourth-order valence-corrected chi connectivity index (χ4v) is 19.3. The van der Waals surface area contributed by atoms with Crippen LogP contribution in [0.25, 0.3) is 11.1 Å². The van der Waals surface area contributed by atoms with E-state index in [0.29, 0.717) is 0 Å². The second-order valence-corrected chi connectivity index (χ2v) is 23.6. The summed E-state index contributed by atoms with van der Waals surface area (Å²) < 4.78 is -0.0347. The minimum absolute atomic E-state index is 0.149. The van der Waals surface area contributed by atoms with Gasteiger partial charge < -0.3 is 0 Å². The molecule has 0 N–H and O–H groups in total. The summed E-state index contributed by atoms with van der Waals surface area (Å²) in [6.07, 6.45) is 2.20. The van der Waals surface area contributed by atoms with E-state index in [9.17, 15) is 0 Å². The van der Waals surface area contributed by atoms with Crippen LogP contribution in [0.1, 0.15) is 62.2 Å². The van der Waals surface area contributed by atoms with Gasteiger partial charge in [-0.3, -0.25) is 0 Å². The molecule has 146 valence electrons. The van der Waals surface area contributed by atoms with Crippen LogP contribution in [0, 0.1) is 0 Å². The van der Waals surface area contributed by atoms with Crippen molar-refractivity contribution < 1.29 is 17.9 Å². The third-order valence-electron chi connectivity index (χ3n) is 7.29. The monoisotopic (exact) mass is 488 g/mol. The van der Waals surface area contributed by atoms with Crippen LogP contribution >= 0.6 is 17.0 Å². The van der Waals surface area contributed by atoms with Crippen molar-refractivity contribution in [3.8, 4) is 11.1 Å². The molecule has 1 atom stereocenters. The molecule has 0 nitrogen and oxygen atoms in total. The predicted molar refractivity (Wildman–Crippen MR) is 120 cm³/mol. The summed E-state index contributed by atoms with van der Waals surface area (Å²) in [5.41, 5.74) is 11.0. The van der Waals surface area contributed by atoms with Crippen molar-refractivity contribution in [1.29, 1.82) is 0 Å². The number of allylic oxidation sites excluding steroid dienone is 4. The molecule has 2 aromatic rings. The summed E-state index contributed by atoms with van der Waals surface area (Å²) in [7, 11) is 15.4. The van der Waals surface area contributed by atoms with Gasteiger partial charge in [0.05, 0.1) is 0 Å². The summed E-state index contributed by atoms with van der Waals surface area (Å²) in [6, 6.07) is 17.4. The molecule has 0 radical (unpaired) electrons. The zero-order valence-electron chi connectivity index (χ0n) is 17.4. The Morgan fingerprint density at radius 1 is 0.857 bits per heavy atom. The van der Waals surface area contributed by atoms with Crippen molar-refractivity contribution in [2.24, 2.45) is 0 Å². The van der Waals surface area contributed by atoms with Crippen LogP contribution in [-0.2, 0) is 17.9 Å². The first-order valence-electron chi connectivity index (χ1n) is 10.2. The summed E-state index contributed by atoms with van der Waals surface area (Å²) in [4.78, 5) is 0. The first-order valence-corrected chi connectivity index (χ1v) is 19.2. The van der Waals surface area contributed by atoms with Gasteiger partial charge in [0.25, 0.3) is 0 Å². The molecule has 0 heterocycles. The fourth-order valence-electron chi connectivity index (χ4n) is 5.46. The van der Waals surface area contributed by atoms with Crippen LogP contribution in [-0.4, -0.2) is 0 Å². The Balaban J connectivity index is 1.96. The maximum atomic E-state index is 7.71. The molecule has 0 spiro atoms. The first kappa shape index (κ1) is 20.6. The van der Waals surface area contributed by atoms with Crippen LogP contribution in [0.4, 0.5) is 0 Å². The summed E-state index contributed by atoms with van der Waals surface area (Å²) in [5.74, 6) is 0. The maximum absolute atomic E-state index is 7.71. The second kappa shape index (κ2) is 7.26. The van der Waals surface area contributed by atoms with E-state index < -0.39 is 17.9 Å². The molecule has 0 amide bonds. The van der Waals surface area contributed by atoms with E-state index in [1.165, 1.54) is 44.5 Å². The van der Waals surface area contributed by atoms with E-state index in [1.54, 1.807) is 0 Å². The number of halogens is 2. The Bertz CT molecular complexity index is 969. The molecule has 0 bridgehead atoms. The number of rotatable bonds is 4. The molecule has 4 rings (SSSR count). The van der Waals surface area contributed by atoms with E-state index in [1.807, 2.05) is 0 Å². The quantitative estimate of drug-likeness (QED) is 0.401. The summed E-state index contributed by atoms with van der Waals surface area (Å²) >= 11 is -3.85. The Morgan fingerprint density at radius 2 is 1.36 bits per heavy atom. The van der Waals surface area contributed by atoms with Crippen molar-refractivity contribution in [3.63, 3.8) is 0 Å². The molecule has 0 saturated heterocycles. The predicted octanol–water partition coefficient (Wildman–Crippen LogP) is 8.86. The zero-order chi connectivity index (χ0) is 20.3. The zero-order valence-corrected chi connectivity index (χ0v) is 21.3. The van der Waals surface area contributed by atoms with Crippen molar-refractivity contribution in [2.45, 2.75) is 54.2 Å². The molecule has 0 aliphatic heterocycles. The molecule has 2 aliphatic rings. The Labute approximate surface area is 181 Å². The van der Waals surface area contributed by atoms with Crippen LogP contribution in [0.15, 0.2) is 70.8 Å². The fraction of sp³-hybridized carbons (Fsp3) is 0.360. The van der Waals surface area contributed by atoms with Gasteiger partial charge in [-0.15, -0.1) is 0 Å². The van der Waals surface area contributed by atoms with Gasteiger partial charge in [0.1, 0.15) is 0 Å². The second-order valence-electron chi connectivity index (χ2n) is 8.46. The van der Waals surface area contributed by atoms with Crippen LogP contribution in [0.2, 0.25) is 3.12 Å². The van der Waals surface area contributed by atoms with E-state index in [4.69, 9.17) is 17.0 Å². The van der Waals surface area contributed by atoms with Gasteiger partial charge in [-0.05, 0) is 0 Å².